The van der Waals surface area contributed by atoms with Crippen LogP contribution >= 0.6 is 0 Å². The summed E-state index contributed by atoms with van der Waals surface area (Å²) in [6, 6.07) is 0. The van der Waals surface area contributed by atoms with Crippen molar-refractivity contribution in [1.82, 2.24) is 0 Å². The van der Waals surface area contributed by atoms with E-state index < -0.39 is 26.6 Å². The van der Waals surface area contributed by atoms with Crippen molar-refractivity contribution in [3.8, 4) is 0 Å². The quantitative estimate of drug-likeness (QED) is 0.757. The van der Waals surface area contributed by atoms with Gasteiger partial charge < -0.3 is 19.4 Å². The molecule has 3 atom stereocenters. The zero-order valence-electron chi connectivity index (χ0n) is 11.3. The van der Waals surface area contributed by atoms with E-state index in [1.165, 1.54) is 12.3 Å². The first-order valence-electron chi connectivity index (χ1n) is 5.97. The number of ether oxygens (including phenoxy) is 1. The molecule has 0 aromatic rings. The minimum atomic E-state index is -1.84. The van der Waals surface area contributed by atoms with Crippen molar-refractivity contribution in [3.63, 3.8) is 0 Å². The highest BCUT2D eigenvalue weighted by atomic mass is 28.4. The smallest absolute Gasteiger partial charge is 0.192 e. The molecule has 0 saturated heterocycles. The largest absolute Gasteiger partial charge is 0.493 e. The maximum Gasteiger partial charge on any atom is 0.192 e. The van der Waals surface area contributed by atoms with E-state index in [2.05, 4.69) is 33.9 Å². The number of rotatable bonds is 3. The molecule has 0 radical (unpaired) electrons. The Morgan fingerprint density at radius 3 is 2.41 bits per heavy atom. The molecule has 0 fully saturated rings. The van der Waals surface area contributed by atoms with E-state index in [1.54, 1.807) is 0 Å². The molecule has 0 amide bonds. The van der Waals surface area contributed by atoms with Crippen LogP contribution in [0.25, 0.3) is 0 Å². The molecule has 0 unspecified atom stereocenters. The van der Waals surface area contributed by atoms with Crippen LogP contribution in [0.4, 0.5) is 0 Å². The fraction of sp³-hybridized carbons (Fsp3) is 0.833. The lowest BCUT2D eigenvalue weighted by Crippen LogP contribution is -2.48. The molecule has 100 valence electrons. The van der Waals surface area contributed by atoms with Crippen LogP contribution in [-0.4, -0.2) is 43.4 Å². The third-order valence-corrected chi connectivity index (χ3v) is 8.18. The topological polar surface area (TPSA) is 58.9 Å². The van der Waals surface area contributed by atoms with Gasteiger partial charge in [0.25, 0.3) is 0 Å². The fourth-order valence-corrected chi connectivity index (χ4v) is 2.30. The molecule has 4 nitrogen and oxygen atoms in total. The summed E-state index contributed by atoms with van der Waals surface area (Å²) in [5, 5.41) is 19.3. The van der Waals surface area contributed by atoms with Gasteiger partial charge in [-0.3, -0.25) is 0 Å². The van der Waals surface area contributed by atoms with Crippen LogP contribution in [0, 0.1) is 0 Å². The minimum absolute atomic E-state index is 0.126. The summed E-state index contributed by atoms with van der Waals surface area (Å²) in [5.41, 5.74) is 0. The van der Waals surface area contributed by atoms with Gasteiger partial charge in [-0.25, -0.2) is 0 Å². The standard InChI is InChI=1S/C12H24O4Si/c1-12(2,3)17(4,5)16-8-10-11(14)9(13)6-7-15-10/h6-7,9-11,13-14H,8H2,1-5H3/t9-,10-,11-/m1/s1. The average Bonchev–Trinajstić information content (AvgIpc) is 2.18. The molecule has 0 aromatic heterocycles. The number of hydrogen-bond donors (Lipinski definition) is 2. The van der Waals surface area contributed by atoms with Crippen LogP contribution in [-0.2, 0) is 9.16 Å². The summed E-state index contributed by atoms with van der Waals surface area (Å²) in [4.78, 5) is 0. The van der Waals surface area contributed by atoms with E-state index in [0.717, 1.165) is 0 Å². The van der Waals surface area contributed by atoms with Crippen molar-refractivity contribution in [2.24, 2.45) is 0 Å². The van der Waals surface area contributed by atoms with Gasteiger partial charge in [-0.1, -0.05) is 20.8 Å². The number of aliphatic hydroxyl groups is 2. The third-order valence-electron chi connectivity index (χ3n) is 3.67. The second kappa shape index (κ2) is 5.10. The van der Waals surface area contributed by atoms with Crippen LogP contribution in [0.1, 0.15) is 20.8 Å². The van der Waals surface area contributed by atoms with Crippen molar-refractivity contribution in [2.75, 3.05) is 6.61 Å². The van der Waals surface area contributed by atoms with Gasteiger partial charge in [-0.05, 0) is 24.2 Å². The van der Waals surface area contributed by atoms with Gasteiger partial charge in [-0.2, -0.15) is 0 Å². The Labute approximate surface area is 104 Å². The van der Waals surface area contributed by atoms with E-state index in [1.807, 2.05) is 0 Å². The first kappa shape index (κ1) is 14.7. The second-order valence-electron chi connectivity index (χ2n) is 6.06. The lowest BCUT2D eigenvalue weighted by Gasteiger charge is -2.38. The Bertz CT molecular complexity index is 283. The SMILES string of the molecule is CC(C)(C)[Si](C)(C)OC[C@H]1OC=C[C@@H](O)[C@H]1O. The summed E-state index contributed by atoms with van der Waals surface area (Å²) >= 11 is 0. The highest BCUT2D eigenvalue weighted by Crippen LogP contribution is 2.36. The Morgan fingerprint density at radius 2 is 1.88 bits per heavy atom. The minimum Gasteiger partial charge on any atom is -0.493 e. The molecule has 1 heterocycles. The van der Waals surface area contributed by atoms with E-state index in [9.17, 15) is 10.2 Å². The van der Waals surface area contributed by atoms with E-state index in [-0.39, 0.29) is 5.04 Å². The summed E-state index contributed by atoms with van der Waals surface area (Å²) in [5.74, 6) is 0. The molecule has 1 aliphatic rings. The van der Waals surface area contributed by atoms with Crippen molar-refractivity contribution in [1.29, 1.82) is 0 Å². The van der Waals surface area contributed by atoms with Gasteiger partial charge in [-0.15, -0.1) is 0 Å². The first-order chi connectivity index (χ1) is 7.65. The maximum absolute atomic E-state index is 9.75. The van der Waals surface area contributed by atoms with Crippen molar-refractivity contribution >= 4 is 8.32 Å². The second-order valence-corrected chi connectivity index (χ2v) is 10.9. The molecule has 0 aliphatic carbocycles. The monoisotopic (exact) mass is 260 g/mol. The van der Waals surface area contributed by atoms with Gasteiger partial charge >= 0.3 is 0 Å². The Balaban J connectivity index is 2.54. The molecule has 1 rings (SSSR count). The van der Waals surface area contributed by atoms with Gasteiger partial charge in [0, 0.05) is 0 Å². The lowest BCUT2D eigenvalue weighted by atomic mass is 10.1. The molecule has 0 spiro atoms. The maximum atomic E-state index is 9.75. The van der Waals surface area contributed by atoms with Crippen LogP contribution in [0.3, 0.4) is 0 Å². The summed E-state index contributed by atoms with van der Waals surface area (Å²) in [6.45, 7) is 11.1. The van der Waals surface area contributed by atoms with Crippen LogP contribution in [0.5, 0.6) is 0 Å². The molecule has 2 N–H and O–H groups in total. The normalized spacial score (nSPS) is 30.2. The van der Waals surface area contributed by atoms with E-state index >= 15 is 0 Å². The molecule has 0 bridgehead atoms. The molecular formula is C12H24O4Si. The highest BCUT2D eigenvalue weighted by Gasteiger charge is 2.39. The fourth-order valence-electron chi connectivity index (χ4n) is 1.29. The first-order valence-corrected chi connectivity index (χ1v) is 8.88. The Kier molecular flexibility index (Phi) is 4.41. The summed E-state index contributed by atoms with van der Waals surface area (Å²) in [7, 11) is -1.84. The predicted octanol–water partition coefficient (Wildman–Crippen LogP) is 1.64. The Morgan fingerprint density at radius 1 is 1.29 bits per heavy atom. The molecule has 1 aliphatic heterocycles. The lowest BCUT2D eigenvalue weighted by molar-refractivity contribution is -0.0787. The molecule has 17 heavy (non-hydrogen) atoms. The van der Waals surface area contributed by atoms with Crippen LogP contribution in [0.2, 0.25) is 18.1 Å². The van der Waals surface area contributed by atoms with E-state index in [4.69, 9.17) is 9.16 Å². The van der Waals surface area contributed by atoms with E-state index in [0.29, 0.717) is 6.61 Å². The van der Waals surface area contributed by atoms with Crippen molar-refractivity contribution < 1.29 is 19.4 Å². The number of aliphatic hydroxyl groups excluding tert-OH is 2. The van der Waals surface area contributed by atoms with Crippen molar-refractivity contribution in [2.45, 2.75) is 57.2 Å². The van der Waals surface area contributed by atoms with Gasteiger partial charge in [0.15, 0.2) is 8.32 Å². The predicted molar refractivity (Wildman–Crippen MR) is 69.2 cm³/mol. The molecular weight excluding hydrogens is 236 g/mol. The van der Waals surface area contributed by atoms with Gasteiger partial charge in [0.1, 0.15) is 18.3 Å². The summed E-state index contributed by atoms with van der Waals surface area (Å²) < 4.78 is 11.2. The van der Waals surface area contributed by atoms with Gasteiger partial charge in [0.05, 0.1) is 12.9 Å². The zero-order valence-corrected chi connectivity index (χ0v) is 12.3. The molecule has 0 saturated carbocycles. The summed E-state index contributed by atoms with van der Waals surface area (Å²) in [6.07, 6.45) is 0.607. The van der Waals surface area contributed by atoms with Crippen molar-refractivity contribution in [3.05, 3.63) is 12.3 Å². The molecule has 5 heteroatoms. The Hall–Kier alpha value is -0.363. The average molecular weight is 260 g/mol. The van der Waals surface area contributed by atoms with Crippen LogP contribution < -0.4 is 0 Å². The van der Waals surface area contributed by atoms with Crippen LogP contribution in [0.15, 0.2) is 12.3 Å². The number of hydrogen-bond acceptors (Lipinski definition) is 4. The van der Waals surface area contributed by atoms with Gasteiger partial charge in [0.2, 0.25) is 0 Å². The third kappa shape index (κ3) is 3.55. The highest BCUT2D eigenvalue weighted by molar-refractivity contribution is 6.74. The molecule has 0 aromatic carbocycles. The zero-order chi connectivity index (χ0) is 13.3.